The van der Waals surface area contributed by atoms with Crippen molar-refractivity contribution in [1.82, 2.24) is 24.7 Å². The SMILES string of the molecule is CCn1ncc(-c2cc(C(=O)N3CCC(N4CCCC4)CC3)on2)c1C. The third kappa shape index (κ3) is 3.16. The van der Waals surface area contributed by atoms with Crippen molar-refractivity contribution < 1.29 is 9.32 Å². The van der Waals surface area contributed by atoms with Crippen LogP contribution in [0.25, 0.3) is 11.3 Å². The van der Waals surface area contributed by atoms with Crippen molar-refractivity contribution in [3.8, 4) is 11.3 Å². The van der Waals surface area contributed by atoms with Crippen LogP contribution in [0, 0.1) is 6.92 Å². The molecule has 2 aromatic heterocycles. The summed E-state index contributed by atoms with van der Waals surface area (Å²) in [6.45, 7) is 8.88. The molecular formula is C19H27N5O2. The van der Waals surface area contributed by atoms with Crippen molar-refractivity contribution in [1.29, 1.82) is 0 Å². The summed E-state index contributed by atoms with van der Waals surface area (Å²) >= 11 is 0. The van der Waals surface area contributed by atoms with Crippen molar-refractivity contribution in [2.24, 2.45) is 0 Å². The lowest BCUT2D eigenvalue weighted by atomic mass is 10.0. The minimum absolute atomic E-state index is 0.0517. The van der Waals surface area contributed by atoms with Crippen LogP contribution in [0.3, 0.4) is 0 Å². The third-order valence-corrected chi connectivity index (χ3v) is 5.81. The zero-order valence-electron chi connectivity index (χ0n) is 15.6. The Morgan fingerprint density at radius 2 is 1.96 bits per heavy atom. The summed E-state index contributed by atoms with van der Waals surface area (Å²) in [6, 6.07) is 2.38. The van der Waals surface area contributed by atoms with Crippen LogP contribution in [0.15, 0.2) is 16.8 Å². The molecule has 0 radical (unpaired) electrons. The zero-order chi connectivity index (χ0) is 18.1. The molecule has 0 unspecified atom stereocenters. The molecule has 4 heterocycles. The molecule has 4 rings (SSSR count). The summed E-state index contributed by atoms with van der Waals surface area (Å²) in [5.41, 5.74) is 2.63. The molecule has 2 aliphatic heterocycles. The molecule has 140 valence electrons. The topological polar surface area (TPSA) is 67.4 Å². The molecule has 0 aromatic carbocycles. The third-order valence-electron chi connectivity index (χ3n) is 5.81. The number of carbonyl (C=O) groups is 1. The van der Waals surface area contributed by atoms with Gasteiger partial charge in [-0.25, -0.2) is 0 Å². The molecule has 0 bridgehead atoms. The fourth-order valence-electron chi connectivity index (χ4n) is 4.22. The second-order valence-electron chi connectivity index (χ2n) is 7.30. The van der Waals surface area contributed by atoms with E-state index in [1.807, 2.05) is 23.4 Å². The Hall–Kier alpha value is -2.15. The summed E-state index contributed by atoms with van der Waals surface area (Å²) < 4.78 is 7.28. The van der Waals surface area contributed by atoms with Crippen molar-refractivity contribution in [3.05, 3.63) is 23.7 Å². The van der Waals surface area contributed by atoms with E-state index < -0.39 is 0 Å². The average molecular weight is 357 g/mol. The lowest BCUT2D eigenvalue weighted by Crippen LogP contribution is -2.45. The van der Waals surface area contributed by atoms with Gasteiger partial charge in [-0.3, -0.25) is 9.48 Å². The van der Waals surface area contributed by atoms with Gasteiger partial charge in [0.25, 0.3) is 5.91 Å². The summed E-state index contributed by atoms with van der Waals surface area (Å²) in [7, 11) is 0. The lowest BCUT2D eigenvalue weighted by molar-refractivity contribution is 0.0605. The largest absolute Gasteiger partial charge is 0.350 e. The van der Waals surface area contributed by atoms with Gasteiger partial charge in [-0.2, -0.15) is 5.10 Å². The van der Waals surface area contributed by atoms with Crippen LogP contribution in [0.5, 0.6) is 0 Å². The number of aryl methyl sites for hydroxylation is 1. The van der Waals surface area contributed by atoms with Crippen LogP contribution in [-0.2, 0) is 6.54 Å². The highest BCUT2D eigenvalue weighted by molar-refractivity contribution is 5.92. The van der Waals surface area contributed by atoms with E-state index in [1.54, 1.807) is 12.3 Å². The Labute approximate surface area is 153 Å². The van der Waals surface area contributed by atoms with Crippen molar-refractivity contribution in [2.75, 3.05) is 26.2 Å². The molecule has 2 saturated heterocycles. The molecule has 2 aromatic rings. The maximum Gasteiger partial charge on any atom is 0.292 e. The smallest absolute Gasteiger partial charge is 0.292 e. The number of piperidine rings is 1. The summed E-state index contributed by atoms with van der Waals surface area (Å²) in [5.74, 6) is 0.271. The second kappa shape index (κ2) is 7.23. The van der Waals surface area contributed by atoms with Crippen LogP contribution in [-0.4, -0.2) is 62.9 Å². The summed E-state index contributed by atoms with van der Waals surface area (Å²) in [6.07, 6.45) is 6.51. The van der Waals surface area contributed by atoms with Gasteiger partial charge in [-0.05, 0) is 52.6 Å². The van der Waals surface area contributed by atoms with E-state index in [-0.39, 0.29) is 5.91 Å². The normalized spacial score (nSPS) is 19.4. The number of amides is 1. The number of likely N-dealkylation sites (tertiary alicyclic amines) is 2. The average Bonchev–Trinajstić information content (AvgIpc) is 3.42. The first-order valence-electron chi connectivity index (χ1n) is 9.70. The van der Waals surface area contributed by atoms with Crippen LogP contribution >= 0.6 is 0 Å². The summed E-state index contributed by atoms with van der Waals surface area (Å²) in [5, 5.41) is 8.44. The Bertz CT molecular complexity index is 767. The quantitative estimate of drug-likeness (QED) is 0.841. The highest BCUT2D eigenvalue weighted by Crippen LogP contribution is 2.25. The highest BCUT2D eigenvalue weighted by Gasteiger charge is 2.30. The van der Waals surface area contributed by atoms with E-state index in [0.29, 0.717) is 17.5 Å². The molecule has 0 aliphatic carbocycles. The van der Waals surface area contributed by atoms with Gasteiger partial charge >= 0.3 is 0 Å². The first-order chi connectivity index (χ1) is 12.7. The fourth-order valence-corrected chi connectivity index (χ4v) is 4.22. The molecule has 2 fully saturated rings. The molecule has 0 spiro atoms. The molecule has 0 atom stereocenters. The first-order valence-corrected chi connectivity index (χ1v) is 9.70. The lowest BCUT2D eigenvalue weighted by Gasteiger charge is -2.36. The van der Waals surface area contributed by atoms with Gasteiger partial charge in [0.1, 0.15) is 5.69 Å². The first kappa shape index (κ1) is 17.3. The molecule has 0 N–H and O–H groups in total. The van der Waals surface area contributed by atoms with Crippen LogP contribution in [0.1, 0.15) is 48.9 Å². The van der Waals surface area contributed by atoms with Gasteiger partial charge in [0.05, 0.1) is 6.20 Å². The predicted molar refractivity (Wildman–Crippen MR) is 97.9 cm³/mol. The standard InChI is InChI=1S/C19H27N5O2/c1-3-24-14(2)16(13-20-24)17-12-18(26-21-17)19(25)23-10-6-15(7-11-23)22-8-4-5-9-22/h12-13,15H,3-11H2,1-2H3. The van der Waals surface area contributed by atoms with Gasteiger partial charge < -0.3 is 14.3 Å². The molecule has 2 aliphatic rings. The number of hydrogen-bond acceptors (Lipinski definition) is 5. The number of nitrogens with zero attached hydrogens (tertiary/aromatic N) is 5. The fraction of sp³-hybridized carbons (Fsp3) is 0.632. The van der Waals surface area contributed by atoms with E-state index >= 15 is 0 Å². The van der Waals surface area contributed by atoms with Gasteiger partial charge in [-0.1, -0.05) is 5.16 Å². The van der Waals surface area contributed by atoms with Gasteiger partial charge in [0.2, 0.25) is 5.76 Å². The molecule has 7 heteroatoms. The molecule has 0 saturated carbocycles. The van der Waals surface area contributed by atoms with Crippen LogP contribution in [0.2, 0.25) is 0 Å². The molecule has 7 nitrogen and oxygen atoms in total. The number of carbonyl (C=O) groups excluding carboxylic acids is 1. The van der Waals surface area contributed by atoms with Crippen LogP contribution < -0.4 is 0 Å². The molecule has 26 heavy (non-hydrogen) atoms. The monoisotopic (exact) mass is 357 g/mol. The number of hydrogen-bond donors (Lipinski definition) is 0. The van der Waals surface area contributed by atoms with Gasteiger partial charge in [0, 0.05) is 43.0 Å². The number of rotatable bonds is 4. The minimum atomic E-state index is -0.0517. The Kier molecular flexibility index (Phi) is 4.80. The molecule has 1 amide bonds. The van der Waals surface area contributed by atoms with Crippen LogP contribution in [0.4, 0.5) is 0 Å². The zero-order valence-corrected chi connectivity index (χ0v) is 15.6. The van der Waals surface area contributed by atoms with E-state index in [0.717, 1.165) is 43.7 Å². The predicted octanol–water partition coefficient (Wildman–Crippen LogP) is 2.57. The van der Waals surface area contributed by atoms with Crippen molar-refractivity contribution >= 4 is 5.91 Å². The number of aromatic nitrogens is 3. The van der Waals surface area contributed by atoms with Gasteiger partial charge in [-0.15, -0.1) is 0 Å². The Balaban J connectivity index is 1.41. The van der Waals surface area contributed by atoms with E-state index in [2.05, 4.69) is 15.2 Å². The Morgan fingerprint density at radius 1 is 1.23 bits per heavy atom. The maximum atomic E-state index is 12.8. The maximum absolute atomic E-state index is 12.8. The van der Waals surface area contributed by atoms with Crippen molar-refractivity contribution in [3.63, 3.8) is 0 Å². The minimum Gasteiger partial charge on any atom is -0.350 e. The Morgan fingerprint density at radius 3 is 2.62 bits per heavy atom. The van der Waals surface area contributed by atoms with Gasteiger partial charge in [0.15, 0.2) is 0 Å². The van der Waals surface area contributed by atoms with E-state index in [9.17, 15) is 4.79 Å². The molecular weight excluding hydrogens is 330 g/mol. The van der Waals surface area contributed by atoms with E-state index in [4.69, 9.17) is 4.52 Å². The second-order valence-corrected chi connectivity index (χ2v) is 7.30. The van der Waals surface area contributed by atoms with Crippen molar-refractivity contribution in [2.45, 2.75) is 52.1 Å². The highest BCUT2D eigenvalue weighted by atomic mass is 16.5. The van der Waals surface area contributed by atoms with E-state index in [1.165, 1.54) is 25.9 Å². The summed E-state index contributed by atoms with van der Waals surface area (Å²) in [4.78, 5) is 17.3.